The maximum atomic E-state index is 12.9. The summed E-state index contributed by atoms with van der Waals surface area (Å²) in [5.41, 5.74) is 0. The Morgan fingerprint density at radius 2 is 1.87 bits per heavy atom. The average Bonchev–Trinajstić information content (AvgIpc) is 2.85. The van der Waals surface area contributed by atoms with Crippen LogP contribution in [0.25, 0.3) is 0 Å². The van der Waals surface area contributed by atoms with E-state index < -0.39 is 0 Å². The molecule has 0 amide bonds. The minimum absolute atomic E-state index is 0.224. The van der Waals surface area contributed by atoms with Gasteiger partial charge in [-0.2, -0.15) is 0 Å². The van der Waals surface area contributed by atoms with Gasteiger partial charge in [-0.3, -0.25) is 9.80 Å². The Hall–Kier alpha value is -1.17. The number of methoxy groups -OCH3 is 1. The molecule has 2 bridgehead atoms. The van der Waals surface area contributed by atoms with Gasteiger partial charge >= 0.3 is 0 Å². The quantitative estimate of drug-likeness (QED) is 0.769. The number of ether oxygens (including phenoxy) is 2. The van der Waals surface area contributed by atoms with Crippen molar-refractivity contribution in [3.8, 4) is 5.75 Å². The van der Waals surface area contributed by atoms with E-state index in [1.165, 1.54) is 31.5 Å². The van der Waals surface area contributed by atoms with E-state index in [1.807, 2.05) is 0 Å². The second-order valence-corrected chi connectivity index (χ2v) is 6.65. The predicted octanol–water partition coefficient (Wildman–Crippen LogP) is 2.25. The molecule has 0 radical (unpaired) electrons. The lowest BCUT2D eigenvalue weighted by Crippen LogP contribution is -2.45. The lowest BCUT2D eigenvalue weighted by molar-refractivity contribution is 0.0865. The molecular weight excluding hydrogens is 295 g/mol. The smallest absolute Gasteiger partial charge is 0.123 e. The van der Waals surface area contributed by atoms with E-state index in [0.29, 0.717) is 12.6 Å². The molecule has 1 aromatic rings. The molecule has 0 spiro atoms. The molecule has 23 heavy (non-hydrogen) atoms. The minimum Gasteiger partial charge on any atom is -0.492 e. The molecule has 0 saturated carbocycles. The summed E-state index contributed by atoms with van der Waals surface area (Å²) in [6, 6.07) is 6.90. The van der Waals surface area contributed by atoms with Crippen LogP contribution in [0.4, 0.5) is 4.39 Å². The van der Waals surface area contributed by atoms with Crippen LogP contribution in [-0.4, -0.2) is 68.9 Å². The highest BCUT2D eigenvalue weighted by molar-refractivity contribution is 5.21. The van der Waals surface area contributed by atoms with Gasteiger partial charge in [-0.1, -0.05) is 0 Å². The summed E-state index contributed by atoms with van der Waals surface area (Å²) in [5.74, 6) is 1.28. The minimum atomic E-state index is -0.224. The van der Waals surface area contributed by atoms with Gasteiger partial charge in [0.05, 0.1) is 6.61 Å². The van der Waals surface area contributed by atoms with Crippen LogP contribution >= 0.6 is 0 Å². The van der Waals surface area contributed by atoms with Crippen molar-refractivity contribution in [2.75, 3.05) is 53.0 Å². The van der Waals surface area contributed by atoms with Gasteiger partial charge in [0.1, 0.15) is 18.2 Å². The molecule has 0 N–H and O–H groups in total. The number of rotatable bonds is 7. The van der Waals surface area contributed by atoms with Crippen molar-refractivity contribution in [3.63, 3.8) is 0 Å². The molecule has 3 aliphatic heterocycles. The summed E-state index contributed by atoms with van der Waals surface area (Å²) in [6.45, 7) is 6.92. The molecule has 3 heterocycles. The Bertz CT molecular complexity index is 482. The van der Waals surface area contributed by atoms with Crippen molar-refractivity contribution in [1.82, 2.24) is 9.80 Å². The van der Waals surface area contributed by atoms with E-state index in [-0.39, 0.29) is 5.82 Å². The van der Waals surface area contributed by atoms with E-state index in [2.05, 4.69) is 9.80 Å². The fourth-order valence-electron chi connectivity index (χ4n) is 3.76. The zero-order valence-corrected chi connectivity index (χ0v) is 13.9. The first-order chi connectivity index (χ1) is 11.2. The molecule has 3 aliphatic rings. The summed E-state index contributed by atoms with van der Waals surface area (Å²) in [6.07, 6.45) is 2.63. The largest absolute Gasteiger partial charge is 0.492 e. The first-order valence-electron chi connectivity index (χ1n) is 8.58. The standard InChI is InChI=1S/C18H27FN2O2/c1-22-10-9-21-13-15-2-5-17(21)14-20(12-15)8-11-23-18-6-3-16(19)4-7-18/h3-4,6-7,15,17H,2,5,8-14H2,1H3/t15-,17+/m0/s1. The average molecular weight is 322 g/mol. The van der Waals surface area contributed by atoms with Crippen molar-refractivity contribution in [3.05, 3.63) is 30.1 Å². The van der Waals surface area contributed by atoms with Crippen LogP contribution in [0.15, 0.2) is 24.3 Å². The molecule has 2 atom stereocenters. The van der Waals surface area contributed by atoms with Gasteiger partial charge in [0.2, 0.25) is 0 Å². The molecule has 128 valence electrons. The van der Waals surface area contributed by atoms with Gasteiger partial charge < -0.3 is 9.47 Å². The molecule has 4 nitrogen and oxygen atoms in total. The third-order valence-corrected chi connectivity index (χ3v) is 4.98. The molecule has 0 aliphatic carbocycles. The van der Waals surface area contributed by atoms with Gasteiger partial charge in [-0.05, 0) is 43.0 Å². The lowest BCUT2D eigenvalue weighted by atomic mass is 9.95. The molecule has 3 saturated heterocycles. The first-order valence-corrected chi connectivity index (χ1v) is 8.58. The Balaban J connectivity index is 1.46. The molecule has 3 fully saturated rings. The summed E-state index contributed by atoms with van der Waals surface area (Å²) in [4.78, 5) is 5.12. The summed E-state index contributed by atoms with van der Waals surface area (Å²) >= 11 is 0. The van der Waals surface area contributed by atoms with Crippen molar-refractivity contribution in [1.29, 1.82) is 0 Å². The second kappa shape index (κ2) is 8.08. The third kappa shape index (κ3) is 4.66. The van der Waals surface area contributed by atoms with Crippen LogP contribution in [0, 0.1) is 11.7 Å². The van der Waals surface area contributed by atoms with Crippen molar-refractivity contribution < 1.29 is 13.9 Å². The highest BCUT2D eigenvalue weighted by Crippen LogP contribution is 2.27. The molecule has 0 unspecified atom stereocenters. The maximum Gasteiger partial charge on any atom is 0.123 e. The van der Waals surface area contributed by atoms with E-state index in [9.17, 15) is 4.39 Å². The number of hydrogen-bond donors (Lipinski definition) is 0. The summed E-state index contributed by atoms with van der Waals surface area (Å²) < 4.78 is 23.9. The zero-order valence-electron chi connectivity index (χ0n) is 13.9. The van der Waals surface area contributed by atoms with Crippen molar-refractivity contribution in [2.24, 2.45) is 5.92 Å². The van der Waals surface area contributed by atoms with E-state index in [0.717, 1.165) is 44.5 Å². The monoisotopic (exact) mass is 322 g/mol. The van der Waals surface area contributed by atoms with Crippen LogP contribution in [0.2, 0.25) is 0 Å². The molecular formula is C18H27FN2O2. The third-order valence-electron chi connectivity index (χ3n) is 4.98. The number of halogens is 1. The SMILES string of the molecule is COCCN1C[C@H]2CC[C@@H]1CN(CCOc1ccc(F)cc1)C2. The molecule has 1 aromatic carbocycles. The number of benzene rings is 1. The first kappa shape index (κ1) is 16.7. The topological polar surface area (TPSA) is 24.9 Å². The summed E-state index contributed by atoms with van der Waals surface area (Å²) in [5, 5.41) is 0. The number of piperidine rings is 1. The Kier molecular flexibility index (Phi) is 5.86. The normalized spacial score (nSPS) is 25.5. The highest BCUT2D eigenvalue weighted by Gasteiger charge is 2.34. The number of fused-ring (bicyclic) bond motifs is 4. The van der Waals surface area contributed by atoms with Gasteiger partial charge in [0, 0.05) is 45.9 Å². The summed E-state index contributed by atoms with van der Waals surface area (Å²) in [7, 11) is 1.77. The fourth-order valence-corrected chi connectivity index (χ4v) is 3.76. The van der Waals surface area contributed by atoms with E-state index >= 15 is 0 Å². The molecule has 4 rings (SSSR count). The zero-order chi connectivity index (χ0) is 16.1. The fraction of sp³-hybridized carbons (Fsp3) is 0.667. The lowest BCUT2D eigenvalue weighted by Gasteiger charge is -2.35. The van der Waals surface area contributed by atoms with Crippen LogP contribution in [-0.2, 0) is 4.74 Å². The van der Waals surface area contributed by atoms with Gasteiger partial charge in [-0.25, -0.2) is 4.39 Å². The van der Waals surface area contributed by atoms with Gasteiger partial charge in [0.25, 0.3) is 0 Å². The van der Waals surface area contributed by atoms with Gasteiger partial charge in [0.15, 0.2) is 0 Å². The van der Waals surface area contributed by atoms with E-state index in [4.69, 9.17) is 9.47 Å². The highest BCUT2D eigenvalue weighted by atomic mass is 19.1. The van der Waals surface area contributed by atoms with Crippen LogP contribution < -0.4 is 4.74 Å². The maximum absolute atomic E-state index is 12.9. The van der Waals surface area contributed by atoms with E-state index in [1.54, 1.807) is 19.2 Å². The van der Waals surface area contributed by atoms with Crippen LogP contribution in [0.1, 0.15) is 12.8 Å². The Morgan fingerprint density at radius 3 is 2.65 bits per heavy atom. The van der Waals surface area contributed by atoms with Crippen LogP contribution in [0.3, 0.4) is 0 Å². The van der Waals surface area contributed by atoms with Crippen LogP contribution in [0.5, 0.6) is 5.75 Å². The molecule has 5 heteroatoms. The van der Waals surface area contributed by atoms with Crippen molar-refractivity contribution >= 4 is 0 Å². The van der Waals surface area contributed by atoms with Crippen molar-refractivity contribution in [2.45, 2.75) is 18.9 Å². The molecule has 0 aromatic heterocycles. The van der Waals surface area contributed by atoms with Gasteiger partial charge in [-0.15, -0.1) is 0 Å². The number of nitrogens with zero attached hydrogens (tertiary/aromatic N) is 2. The Morgan fingerprint density at radius 1 is 1.04 bits per heavy atom. The Labute approximate surface area is 138 Å². The second-order valence-electron chi connectivity index (χ2n) is 6.65. The number of hydrogen-bond acceptors (Lipinski definition) is 4. The predicted molar refractivity (Wildman–Crippen MR) is 88.3 cm³/mol.